The molecule has 0 spiro atoms. The monoisotopic (exact) mass is 392 g/mol. The molecule has 0 atom stereocenters. The Balaban J connectivity index is 2.00. The van der Waals surface area contributed by atoms with Gasteiger partial charge in [0.25, 0.3) is 17.1 Å². The Labute approximate surface area is 160 Å². The third-order valence-electron chi connectivity index (χ3n) is 3.30. The number of benzene rings is 1. The molecular weight excluding hydrogens is 372 g/mol. The van der Waals surface area contributed by atoms with Gasteiger partial charge in [0.2, 0.25) is 0 Å². The van der Waals surface area contributed by atoms with Crippen LogP contribution in [0.25, 0.3) is 6.08 Å². The quantitative estimate of drug-likeness (QED) is 0.529. The number of rotatable bonds is 8. The summed E-state index contributed by atoms with van der Waals surface area (Å²) in [7, 11) is 0. The summed E-state index contributed by atoms with van der Waals surface area (Å²) >= 11 is 0.760. The van der Waals surface area contributed by atoms with Crippen molar-refractivity contribution < 1.29 is 28.7 Å². The van der Waals surface area contributed by atoms with E-state index in [1.165, 1.54) is 0 Å². The molecule has 3 amide bonds. The van der Waals surface area contributed by atoms with Crippen LogP contribution in [-0.4, -0.2) is 47.7 Å². The average Bonchev–Trinajstić information content (AvgIpc) is 2.86. The summed E-state index contributed by atoms with van der Waals surface area (Å²) in [4.78, 5) is 47.9. The molecule has 0 saturated carbocycles. The second-order valence-electron chi connectivity index (χ2n) is 6.17. The molecule has 1 aliphatic rings. The van der Waals surface area contributed by atoms with Gasteiger partial charge < -0.3 is 15.2 Å². The lowest BCUT2D eigenvalue weighted by molar-refractivity contribution is -0.147. The van der Waals surface area contributed by atoms with Gasteiger partial charge >= 0.3 is 5.97 Å². The number of primary amides is 1. The van der Waals surface area contributed by atoms with Crippen LogP contribution in [0.1, 0.15) is 19.4 Å². The highest BCUT2D eigenvalue weighted by atomic mass is 32.2. The second kappa shape index (κ2) is 9.22. The lowest BCUT2D eigenvalue weighted by Crippen LogP contribution is -2.34. The number of carbonyl (C=O) groups is 4. The standard InChI is InChI=1S/C18H20N2O6S/c1-11(2)9-26-16(22)8-20-17(23)14(27-18(20)24)7-12-3-5-13(6-4-12)25-10-15(19)21/h3-7,11H,8-10H2,1-2H3,(H2,19,21)/b14-7-. The maximum Gasteiger partial charge on any atom is 0.326 e. The molecule has 1 aliphatic heterocycles. The Morgan fingerprint density at radius 2 is 1.89 bits per heavy atom. The summed E-state index contributed by atoms with van der Waals surface area (Å²) in [5, 5.41) is -0.519. The number of thioether (sulfide) groups is 1. The number of esters is 1. The summed E-state index contributed by atoms with van der Waals surface area (Å²) < 4.78 is 10.2. The van der Waals surface area contributed by atoms with E-state index in [-0.39, 0.29) is 24.0 Å². The minimum atomic E-state index is -0.622. The van der Waals surface area contributed by atoms with Gasteiger partial charge in [-0.3, -0.25) is 24.1 Å². The van der Waals surface area contributed by atoms with Crippen molar-refractivity contribution in [3.63, 3.8) is 0 Å². The number of hydrogen-bond donors (Lipinski definition) is 1. The van der Waals surface area contributed by atoms with E-state index in [1.54, 1.807) is 30.3 Å². The molecule has 0 bridgehead atoms. The molecule has 1 fully saturated rings. The molecule has 0 aliphatic carbocycles. The zero-order chi connectivity index (χ0) is 20.0. The smallest absolute Gasteiger partial charge is 0.326 e. The minimum absolute atomic E-state index is 0.165. The van der Waals surface area contributed by atoms with E-state index in [0.29, 0.717) is 11.3 Å². The third-order valence-corrected chi connectivity index (χ3v) is 4.20. The summed E-state index contributed by atoms with van der Waals surface area (Å²) in [6, 6.07) is 6.56. The number of ether oxygens (including phenoxy) is 2. The van der Waals surface area contributed by atoms with E-state index < -0.39 is 29.6 Å². The summed E-state index contributed by atoms with van der Waals surface area (Å²) in [5.41, 5.74) is 5.67. The van der Waals surface area contributed by atoms with Crippen LogP contribution in [0.2, 0.25) is 0 Å². The third kappa shape index (κ3) is 6.14. The lowest BCUT2D eigenvalue weighted by atomic mass is 10.2. The SMILES string of the molecule is CC(C)COC(=O)CN1C(=O)S/C(=C\c2ccc(OCC(N)=O)cc2)C1=O. The van der Waals surface area contributed by atoms with E-state index in [1.807, 2.05) is 13.8 Å². The average molecular weight is 392 g/mol. The van der Waals surface area contributed by atoms with Crippen LogP contribution in [0.15, 0.2) is 29.2 Å². The summed E-state index contributed by atoms with van der Waals surface area (Å²) in [5.74, 6) is -1.13. The van der Waals surface area contributed by atoms with Gasteiger partial charge in [-0.05, 0) is 41.5 Å². The zero-order valence-electron chi connectivity index (χ0n) is 15.0. The number of carbonyl (C=O) groups excluding carboxylic acids is 4. The van der Waals surface area contributed by atoms with Crippen LogP contribution in [0.3, 0.4) is 0 Å². The molecule has 1 saturated heterocycles. The van der Waals surface area contributed by atoms with E-state index >= 15 is 0 Å². The first kappa shape index (κ1) is 20.5. The van der Waals surface area contributed by atoms with E-state index in [2.05, 4.69) is 0 Å². The highest BCUT2D eigenvalue weighted by Gasteiger charge is 2.36. The Bertz CT molecular complexity index is 773. The highest BCUT2D eigenvalue weighted by Crippen LogP contribution is 2.32. The lowest BCUT2D eigenvalue weighted by Gasteiger charge is -2.12. The van der Waals surface area contributed by atoms with Crippen molar-refractivity contribution in [1.29, 1.82) is 0 Å². The van der Waals surface area contributed by atoms with Crippen LogP contribution >= 0.6 is 11.8 Å². The number of amides is 3. The number of nitrogens with two attached hydrogens (primary N) is 1. The van der Waals surface area contributed by atoms with E-state index in [4.69, 9.17) is 15.2 Å². The van der Waals surface area contributed by atoms with Crippen LogP contribution < -0.4 is 10.5 Å². The molecule has 0 unspecified atom stereocenters. The Morgan fingerprint density at radius 3 is 2.48 bits per heavy atom. The van der Waals surface area contributed by atoms with Gasteiger partial charge in [-0.1, -0.05) is 26.0 Å². The zero-order valence-corrected chi connectivity index (χ0v) is 15.8. The summed E-state index contributed by atoms with van der Waals surface area (Å²) in [6.45, 7) is 3.37. The van der Waals surface area contributed by atoms with Gasteiger partial charge in [0.15, 0.2) is 6.61 Å². The molecule has 2 rings (SSSR count). The van der Waals surface area contributed by atoms with Crippen molar-refractivity contribution in [3.05, 3.63) is 34.7 Å². The van der Waals surface area contributed by atoms with Crippen molar-refractivity contribution >= 4 is 40.9 Å². The fourth-order valence-electron chi connectivity index (χ4n) is 2.04. The van der Waals surface area contributed by atoms with Crippen molar-refractivity contribution in [1.82, 2.24) is 4.90 Å². The van der Waals surface area contributed by atoms with Gasteiger partial charge in [0.05, 0.1) is 11.5 Å². The highest BCUT2D eigenvalue weighted by molar-refractivity contribution is 8.18. The first-order valence-corrected chi connectivity index (χ1v) is 9.00. The van der Waals surface area contributed by atoms with Gasteiger partial charge in [0, 0.05) is 0 Å². The molecule has 0 radical (unpaired) electrons. The van der Waals surface area contributed by atoms with Crippen molar-refractivity contribution in [3.8, 4) is 5.75 Å². The molecular formula is C18H20N2O6S. The normalized spacial score (nSPS) is 15.5. The molecule has 1 heterocycles. The van der Waals surface area contributed by atoms with Crippen molar-refractivity contribution in [2.24, 2.45) is 11.7 Å². The predicted molar refractivity (Wildman–Crippen MR) is 99.6 cm³/mol. The minimum Gasteiger partial charge on any atom is -0.484 e. The first-order chi connectivity index (χ1) is 12.8. The van der Waals surface area contributed by atoms with Crippen LogP contribution in [-0.2, 0) is 19.1 Å². The summed E-state index contributed by atoms with van der Waals surface area (Å²) in [6.07, 6.45) is 1.54. The van der Waals surface area contributed by atoms with Crippen LogP contribution in [0, 0.1) is 5.92 Å². The van der Waals surface area contributed by atoms with Crippen LogP contribution in [0.5, 0.6) is 5.75 Å². The largest absolute Gasteiger partial charge is 0.484 e. The Kier molecular flexibility index (Phi) is 7.00. The maximum atomic E-state index is 12.4. The molecule has 8 nitrogen and oxygen atoms in total. The Hall–Kier alpha value is -2.81. The topological polar surface area (TPSA) is 116 Å². The molecule has 27 heavy (non-hydrogen) atoms. The van der Waals surface area contributed by atoms with Gasteiger partial charge in [-0.25, -0.2) is 0 Å². The fourth-order valence-corrected chi connectivity index (χ4v) is 2.88. The maximum absolute atomic E-state index is 12.4. The molecule has 1 aromatic carbocycles. The number of imide groups is 1. The molecule has 0 aromatic heterocycles. The van der Waals surface area contributed by atoms with E-state index in [0.717, 1.165) is 16.7 Å². The molecule has 2 N–H and O–H groups in total. The Morgan fingerprint density at radius 1 is 1.22 bits per heavy atom. The second-order valence-corrected chi connectivity index (χ2v) is 7.16. The van der Waals surface area contributed by atoms with Gasteiger partial charge in [-0.15, -0.1) is 0 Å². The van der Waals surface area contributed by atoms with Crippen molar-refractivity contribution in [2.75, 3.05) is 19.8 Å². The van der Waals surface area contributed by atoms with Crippen LogP contribution in [0.4, 0.5) is 4.79 Å². The molecule has 1 aromatic rings. The van der Waals surface area contributed by atoms with Crippen molar-refractivity contribution in [2.45, 2.75) is 13.8 Å². The van der Waals surface area contributed by atoms with E-state index in [9.17, 15) is 19.2 Å². The predicted octanol–water partition coefficient (Wildman–Crippen LogP) is 1.79. The molecule has 9 heteroatoms. The van der Waals surface area contributed by atoms with Gasteiger partial charge in [0.1, 0.15) is 12.3 Å². The number of hydrogen-bond acceptors (Lipinski definition) is 7. The fraction of sp³-hybridized carbons (Fsp3) is 0.333. The molecule has 144 valence electrons. The number of nitrogens with zero attached hydrogens (tertiary/aromatic N) is 1. The first-order valence-electron chi connectivity index (χ1n) is 8.18. The van der Waals surface area contributed by atoms with Gasteiger partial charge in [-0.2, -0.15) is 0 Å².